The van der Waals surface area contributed by atoms with E-state index in [0.717, 1.165) is 0 Å². The largest absolute Gasteiger partial charge is 0.480 e. The van der Waals surface area contributed by atoms with Crippen molar-refractivity contribution in [3.8, 4) is 0 Å². The third kappa shape index (κ3) is 2.66. The minimum absolute atomic E-state index is 0.253. The van der Waals surface area contributed by atoms with Crippen molar-refractivity contribution in [1.29, 1.82) is 0 Å². The number of carbonyl (C=O) groups is 1. The van der Waals surface area contributed by atoms with Crippen LogP contribution in [0, 0.1) is 0 Å². The van der Waals surface area contributed by atoms with Gasteiger partial charge in [-0.1, -0.05) is 0 Å². The highest BCUT2D eigenvalue weighted by molar-refractivity contribution is 7.87. The van der Waals surface area contributed by atoms with E-state index in [2.05, 4.69) is 9.44 Å². The molecule has 1 aliphatic rings. The van der Waals surface area contributed by atoms with Crippen LogP contribution in [-0.4, -0.2) is 31.1 Å². The van der Waals surface area contributed by atoms with Crippen molar-refractivity contribution in [2.75, 3.05) is 0 Å². The Morgan fingerprint density at radius 2 is 1.93 bits per heavy atom. The SMILES string of the molecule is CC(C)NS(=O)(=O)NC1(C(=O)O)CC1. The van der Waals surface area contributed by atoms with Gasteiger partial charge in [0.15, 0.2) is 0 Å². The first kappa shape index (κ1) is 11.4. The molecule has 0 amide bonds. The Hall–Kier alpha value is -0.660. The second-order valence-corrected chi connectivity index (χ2v) is 5.21. The van der Waals surface area contributed by atoms with E-state index in [-0.39, 0.29) is 6.04 Å². The molecule has 0 saturated heterocycles. The first-order chi connectivity index (χ1) is 6.27. The summed E-state index contributed by atoms with van der Waals surface area (Å²) < 4.78 is 27.0. The van der Waals surface area contributed by atoms with Gasteiger partial charge in [-0.25, -0.2) is 0 Å². The van der Waals surface area contributed by atoms with Gasteiger partial charge in [-0.15, -0.1) is 0 Å². The molecule has 0 aromatic heterocycles. The fourth-order valence-corrected chi connectivity index (χ4v) is 2.57. The lowest BCUT2D eigenvalue weighted by Gasteiger charge is -2.15. The molecule has 3 N–H and O–H groups in total. The highest BCUT2D eigenvalue weighted by Gasteiger charge is 2.53. The van der Waals surface area contributed by atoms with Crippen LogP contribution in [0.25, 0.3) is 0 Å². The van der Waals surface area contributed by atoms with E-state index in [1.165, 1.54) is 0 Å². The fourth-order valence-electron chi connectivity index (χ4n) is 1.08. The Morgan fingerprint density at radius 3 is 2.21 bits per heavy atom. The number of aliphatic carboxylic acids is 1. The normalized spacial score (nSPS) is 19.6. The molecular formula is C7H14N2O4S. The van der Waals surface area contributed by atoms with Crippen LogP contribution in [0.2, 0.25) is 0 Å². The summed E-state index contributed by atoms with van der Waals surface area (Å²) in [7, 11) is -3.70. The Kier molecular flexibility index (Phi) is 2.84. The molecule has 0 unspecified atom stereocenters. The topological polar surface area (TPSA) is 95.5 Å². The van der Waals surface area contributed by atoms with Gasteiger partial charge in [0.05, 0.1) is 0 Å². The number of carboxylic acids is 1. The zero-order chi connectivity index (χ0) is 11.0. The molecule has 1 fully saturated rings. The fraction of sp³-hybridized carbons (Fsp3) is 0.857. The lowest BCUT2D eigenvalue weighted by molar-refractivity contribution is -0.140. The first-order valence-corrected chi connectivity index (χ1v) is 5.80. The summed E-state index contributed by atoms with van der Waals surface area (Å²) in [5, 5.41) is 8.75. The van der Waals surface area contributed by atoms with Gasteiger partial charge < -0.3 is 5.11 Å². The van der Waals surface area contributed by atoms with Gasteiger partial charge in [-0.05, 0) is 26.7 Å². The van der Waals surface area contributed by atoms with E-state index in [1.54, 1.807) is 13.8 Å². The molecule has 0 aliphatic heterocycles. The van der Waals surface area contributed by atoms with Crippen LogP contribution in [0.5, 0.6) is 0 Å². The Balaban J connectivity index is 2.65. The summed E-state index contributed by atoms with van der Waals surface area (Å²) in [5.74, 6) is -1.12. The molecule has 7 heteroatoms. The average molecular weight is 222 g/mol. The molecule has 1 aliphatic carbocycles. The number of hydrogen-bond acceptors (Lipinski definition) is 3. The molecule has 1 rings (SSSR count). The van der Waals surface area contributed by atoms with E-state index < -0.39 is 21.7 Å². The second-order valence-electron chi connectivity index (χ2n) is 3.77. The lowest BCUT2D eigenvalue weighted by atomic mass is 10.3. The van der Waals surface area contributed by atoms with Gasteiger partial charge in [-0.3, -0.25) is 4.79 Å². The van der Waals surface area contributed by atoms with E-state index in [9.17, 15) is 13.2 Å². The predicted octanol–water partition coefficient (Wildman–Crippen LogP) is -0.564. The van der Waals surface area contributed by atoms with Gasteiger partial charge in [0.25, 0.3) is 10.2 Å². The van der Waals surface area contributed by atoms with E-state index >= 15 is 0 Å². The molecule has 0 radical (unpaired) electrons. The van der Waals surface area contributed by atoms with Crippen molar-refractivity contribution < 1.29 is 18.3 Å². The summed E-state index contributed by atoms with van der Waals surface area (Å²) >= 11 is 0. The van der Waals surface area contributed by atoms with Crippen molar-refractivity contribution in [2.45, 2.75) is 38.3 Å². The van der Waals surface area contributed by atoms with Gasteiger partial charge in [0, 0.05) is 6.04 Å². The van der Waals surface area contributed by atoms with E-state index in [0.29, 0.717) is 12.8 Å². The Bertz CT molecular complexity index is 332. The van der Waals surface area contributed by atoms with Gasteiger partial charge in [-0.2, -0.15) is 17.9 Å². The zero-order valence-corrected chi connectivity index (χ0v) is 8.89. The van der Waals surface area contributed by atoms with Crippen molar-refractivity contribution >= 4 is 16.2 Å². The van der Waals surface area contributed by atoms with Gasteiger partial charge in [0.2, 0.25) is 0 Å². The maximum atomic E-state index is 11.3. The van der Waals surface area contributed by atoms with Crippen molar-refractivity contribution in [3.05, 3.63) is 0 Å². The summed E-state index contributed by atoms with van der Waals surface area (Å²) in [6, 6.07) is -0.253. The molecule has 6 nitrogen and oxygen atoms in total. The molecule has 0 spiro atoms. The minimum atomic E-state index is -3.70. The molecule has 1 saturated carbocycles. The lowest BCUT2D eigenvalue weighted by Crippen LogP contribution is -2.49. The standard InChI is InChI=1S/C7H14N2O4S/c1-5(2)8-14(12,13)9-7(3-4-7)6(10)11/h5,8-9H,3-4H2,1-2H3,(H,10,11). The average Bonchev–Trinajstić information content (AvgIpc) is 2.64. The van der Waals surface area contributed by atoms with Crippen LogP contribution in [0.4, 0.5) is 0 Å². The third-order valence-electron chi connectivity index (χ3n) is 1.88. The first-order valence-electron chi connectivity index (χ1n) is 4.32. The van der Waals surface area contributed by atoms with E-state index in [1.807, 2.05) is 0 Å². The molecule has 0 aromatic rings. The van der Waals surface area contributed by atoms with Crippen LogP contribution in [0.3, 0.4) is 0 Å². The predicted molar refractivity (Wildman–Crippen MR) is 49.9 cm³/mol. The van der Waals surface area contributed by atoms with E-state index in [4.69, 9.17) is 5.11 Å². The minimum Gasteiger partial charge on any atom is -0.480 e. The van der Waals surface area contributed by atoms with Crippen molar-refractivity contribution in [3.63, 3.8) is 0 Å². The molecule has 0 atom stereocenters. The van der Waals surface area contributed by atoms with Crippen LogP contribution in [0.1, 0.15) is 26.7 Å². The highest BCUT2D eigenvalue weighted by Crippen LogP contribution is 2.35. The van der Waals surface area contributed by atoms with Crippen LogP contribution >= 0.6 is 0 Å². The summed E-state index contributed by atoms with van der Waals surface area (Å²) in [6.45, 7) is 3.33. The maximum absolute atomic E-state index is 11.3. The number of hydrogen-bond donors (Lipinski definition) is 3. The molecule has 14 heavy (non-hydrogen) atoms. The van der Waals surface area contributed by atoms with Crippen molar-refractivity contribution in [2.24, 2.45) is 0 Å². The van der Waals surface area contributed by atoms with Crippen LogP contribution in [0.15, 0.2) is 0 Å². The maximum Gasteiger partial charge on any atom is 0.324 e. The van der Waals surface area contributed by atoms with Crippen molar-refractivity contribution in [1.82, 2.24) is 9.44 Å². The zero-order valence-electron chi connectivity index (χ0n) is 8.07. The Labute approximate surface area is 82.9 Å². The molecule has 0 heterocycles. The smallest absolute Gasteiger partial charge is 0.324 e. The quantitative estimate of drug-likeness (QED) is 0.581. The third-order valence-corrected chi connectivity index (χ3v) is 3.32. The molecule has 82 valence electrons. The second kappa shape index (κ2) is 3.48. The molecule has 0 aromatic carbocycles. The number of nitrogens with one attached hydrogen (secondary N) is 2. The number of carboxylic acid groups (broad SMARTS) is 1. The summed E-state index contributed by atoms with van der Waals surface area (Å²) in [6.07, 6.45) is 0.697. The summed E-state index contributed by atoms with van der Waals surface area (Å²) in [4.78, 5) is 10.7. The van der Waals surface area contributed by atoms with Crippen LogP contribution < -0.4 is 9.44 Å². The summed E-state index contributed by atoms with van der Waals surface area (Å²) in [5.41, 5.74) is -1.26. The van der Waals surface area contributed by atoms with Gasteiger partial charge >= 0.3 is 5.97 Å². The molecular weight excluding hydrogens is 208 g/mol. The monoisotopic (exact) mass is 222 g/mol. The Morgan fingerprint density at radius 1 is 1.43 bits per heavy atom. The highest BCUT2D eigenvalue weighted by atomic mass is 32.2. The molecule has 0 bridgehead atoms. The number of rotatable bonds is 5. The van der Waals surface area contributed by atoms with Gasteiger partial charge in [0.1, 0.15) is 5.54 Å². The van der Waals surface area contributed by atoms with Crippen LogP contribution in [-0.2, 0) is 15.0 Å².